The van der Waals surface area contributed by atoms with E-state index in [1.165, 1.54) is 5.56 Å². The van der Waals surface area contributed by atoms with Gasteiger partial charge in [0.05, 0.1) is 0 Å². The van der Waals surface area contributed by atoms with Crippen molar-refractivity contribution >= 4 is 10.8 Å². The number of phenols is 2. The van der Waals surface area contributed by atoms with Crippen molar-refractivity contribution in [3.05, 3.63) is 34.9 Å². The smallest absolute Gasteiger partial charge is 0.127 e. The maximum absolute atomic E-state index is 10.8. The summed E-state index contributed by atoms with van der Waals surface area (Å²) in [6, 6.07) is 6.11. The molecule has 2 atom stereocenters. The molecule has 110 valence electrons. The molecule has 2 bridgehead atoms. The molecule has 2 N–H and O–H groups in total. The van der Waals surface area contributed by atoms with E-state index in [9.17, 15) is 10.2 Å². The first kappa shape index (κ1) is 13.0. The Morgan fingerprint density at radius 2 is 2.00 bits per heavy atom. The third kappa shape index (κ3) is 1.59. The molecule has 2 nitrogen and oxygen atoms in total. The summed E-state index contributed by atoms with van der Waals surface area (Å²) in [5.41, 5.74) is 3.33. The van der Waals surface area contributed by atoms with E-state index in [1.54, 1.807) is 0 Å². The lowest BCUT2D eigenvalue weighted by molar-refractivity contribution is 0.427. The second-order valence-corrected chi connectivity index (χ2v) is 7.12. The summed E-state index contributed by atoms with van der Waals surface area (Å²) in [4.78, 5) is 0. The summed E-state index contributed by atoms with van der Waals surface area (Å²) in [6.45, 7) is 4.39. The molecule has 2 heteroatoms. The molecule has 4 rings (SSSR count). The van der Waals surface area contributed by atoms with Crippen molar-refractivity contribution in [3.63, 3.8) is 0 Å². The third-order valence-electron chi connectivity index (χ3n) is 5.65. The van der Waals surface area contributed by atoms with Gasteiger partial charge in [0.25, 0.3) is 0 Å². The van der Waals surface area contributed by atoms with E-state index in [1.807, 2.05) is 6.07 Å². The van der Waals surface area contributed by atoms with Crippen LogP contribution in [-0.4, -0.2) is 10.2 Å². The van der Waals surface area contributed by atoms with Crippen LogP contribution in [0.2, 0.25) is 0 Å². The van der Waals surface area contributed by atoms with Crippen molar-refractivity contribution < 1.29 is 10.2 Å². The van der Waals surface area contributed by atoms with Gasteiger partial charge >= 0.3 is 0 Å². The predicted molar refractivity (Wildman–Crippen MR) is 85.2 cm³/mol. The topological polar surface area (TPSA) is 40.5 Å². The highest BCUT2D eigenvalue weighted by Crippen LogP contribution is 2.63. The average Bonchev–Trinajstić information content (AvgIpc) is 2.98. The fraction of sp³-hybridized carbons (Fsp3) is 0.474. The SMILES string of the molecule is CCCc1ccc2c(O)c3c(c(O)c2c1)C1CCC3(C)C1. The summed E-state index contributed by atoms with van der Waals surface area (Å²) in [6.07, 6.45) is 5.42. The standard InChI is InChI=1S/C19H22O2/c1-3-4-11-5-6-13-14(9-11)17(20)15-12-7-8-19(2,10-12)16(15)18(13)21/h5-6,9,12,20-21H,3-4,7-8,10H2,1-2H3. The minimum absolute atomic E-state index is 0.0534. The normalized spacial score (nSPS) is 26.5. The van der Waals surface area contributed by atoms with Gasteiger partial charge in [-0.25, -0.2) is 0 Å². The van der Waals surface area contributed by atoms with Gasteiger partial charge in [-0.1, -0.05) is 32.4 Å². The van der Waals surface area contributed by atoms with Crippen LogP contribution in [0.25, 0.3) is 10.8 Å². The quantitative estimate of drug-likeness (QED) is 0.781. The fourth-order valence-corrected chi connectivity index (χ4v) is 4.69. The van der Waals surface area contributed by atoms with Gasteiger partial charge in [-0.05, 0) is 48.6 Å². The number of hydrogen-bond donors (Lipinski definition) is 2. The highest BCUT2D eigenvalue weighted by molar-refractivity contribution is 5.97. The van der Waals surface area contributed by atoms with E-state index < -0.39 is 0 Å². The predicted octanol–water partition coefficient (Wildman–Crippen LogP) is 4.74. The third-order valence-corrected chi connectivity index (χ3v) is 5.65. The molecule has 0 radical (unpaired) electrons. The zero-order valence-corrected chi connectivity index (χ0v) is 12.7. The van der Waals surface area contributed by atoms with E-state index >= 15 is 0 Å². The second kappa shape index (κ2) is 4.16. The number of benzene rings is 2. The van der Waals surface area contributed by atoms with E-state index in [-0.39, 0.29) is 5.41 Å². The van der Waals surface area contributed by atoms with E-state index in [4.69, 9.17) is 0 Å². The molecule has 0 aliphatic heterocycles. The molecule has 2 aliphatic rings. The minimum Gasteiger partial charge on any atom is -0.507 e. The Labute approximate surface area is 125 Å². The van der Waals surface area contributed by atoms with Gasteiger partial charge in [0.1, 0.15) is 11.5 Å². The van der Waals surface area contributed by atoms with Gasteiger partial charge in [0.15, 0.2) is 0 Å². The Balaban J connectivity index is 2.04. The Bertz CT molecular complexity index is 747. The number of hydrogen-bond acceptors (Lipinski definition) is 2. The van der Waals surface area contributed by atoms with Gasteiger partial charge in [0, 0.05) is 21.9 Å². The Morgan fingerprint density at radius 1 is 1.19 bits per heavy atom. The van der Waals surface area contributed by atoms with Crippen LogP contribution in [0, 0.1) is 0 Å². The van der Waals surface area contributed by atoms with Gasteiger partial charge < -0.3 is 10.2 Å². The Kier molecular flexibility index (Phi) is 2.57. The number of aromatic hydroxyl groups is 2. The molecule has 2 unspecified atom stereocenters. The lowest BCUT2D eigenvalue weighted by Crippen LogP contribution is -2.16. The number of phenolic OH excluding ortho intramolecular Hbond substituents is 2. The first-order chi connectivity index (χ1) is 10.0. The molecular formula is C19H22O2. The first-order valence-corrected chi connectivity index (χ1v) is 8.06. The molecule has 2 aliphatic carbocycles. The zero-order chi connectivity index (χ0) is 14.8. The molecule has 0 aromatic heterocycles. The number of rotatable bonds is 2. The van der Waals surface area contributed by atoms with Crippen molar-refractivity contribution in [2.24, 2.45) is 0 Å². The van der Waals surface area contributed by atoms with E-state index in [0.717, 1.165) is 54.0 Å². The van der Waals surface area contributed by atoms with E-state index in [2.05, 4.69) is 26.0 Å². The molecule has 1 fully saturated rings. The van der Waals surface area contributed by atoms with E-state index in [0.29, 0.717) is 17.4 Å². The van der Waals surface area contributed by atoms with Crippen LogP contribution in [0.15, 0.2) is 18.2 Å². The molecule has 0 heterocycles. The van der Waals surface area contributed by atoms with Gasteiger partial charge in [0.2, 0.25) is 0 Å². The highest BCUT2D eigenvalue weighted by atomic mass is 16.3. The molecule has 0 amide bonds. The van der Waals surface area contributed by atoms with Crippen LogP contribution in [0.1, 0.15) is 62.1 Å². The van der Waals surface area contributed by atoms with Crippen LogP contribution < -0.4 is 0 Å². The molecule has 2 aromatic carbocycles. The first-order valence-electron chi connectivity index (χ1n) is 8.06. The van der Waals surface area contributed by atoms with Crippen molar-refractivity contribution in [1.82, 2.24) is 0 Å². The monoisotopic (exact) mass is 282 g/mol. The summed E-state index contributed by atoms with van der Waals surface area (Å²) in [7, 11) is 0. The van der Waals surface area contributed by atoms with Gasteiger partial charge in [-0.2, -0.15) is 0 Å². The van der Waals surface area contributed by atoms with Crippen molar-refractivity contribution in [3.8, 4) is 11.5 Å². The van der Waals surface area contributed by atoms with Crippen LogP contribution in [0.3, 0.4) is 0 Å². The highest BCUT2D eigenvalue weighted by Gasteiger charge is 2.49. The Morgan fingerprint density at radius 3 is 2.76 bits per heavy atom. The second-order valence-electron chi connectivity index (χ2n) is 7.12. The molecule has 0 spiro atoms. The van der Waals surface area contributed by atoms with Gasteiger partial charge in [-0.3, -0.25) is 0 Å². The molecule has 21 heavy (non-hydrogen) atoms. The molecular weight excluding hydrogens is 260 g/mol. The maximum Gasteiger partial charge on any atom is 0.127 e. The average molecular weight is 282 g/mol. The maximum atomic E-state index is 10.8. The van der Waals surface area contributed by atoms with Crippen LogP contribution in [0.4, 0.5) is 0 Å². The number of aryl methyl sites for hydroxylation is 1. The fourth-order valence-electron chi connectivity index (χ4n) is 4.69. The summed E-state index contributed by atoms with van der Waals surface area (Å²) in [5, 5.41) is 23.2. The lowest BCUT2D eigenvalue weighted by atomic mass is 9.78. The van der Waals surface area contributed by atoms with Gasteiger partial charge in [-0.15, -0.1) is 0 Å². The van der Waals surface area contributed by atoms with Crippen molar-refractivity contribution in [2.75, 3.05) is 0 Å². The minimum atomic E-state index is 0.0534. The molecule has 2 aromatic rings. The summed E-state index contributed by atoms with van der Waals surface area (Å²) < 4.78 is 0. The van der Waals surface area contributed by atoms with Crippen molar-refractivity contribution in [2.45, 2.75) is 57.3 Å². The van der Waals surface area contributed by atoms with Crippen LogP contribution in [0.5, 0.6) is 11.5 Å². The molecule has 1 saturated carbocycles. The van der Waals surface area contributed by atoms with Crippen molar-refractivity contribution in [1.29, 1.82) is 0 Å². The summed E-state index contributed by atoms with van der Waals surface area (Å²) in [5.74, 6) is 1.25. The molecule has 0 saturated heterocycles. The zero-order valence-electron chi connectivity index (χ0n) is 12.7. The van der Waals surface area contributed by atoms with Crippen LogP contribution >= 0.6 is 0 Å². The largest absolute Gasteiger partial charge is 0.507 e. The Hall–Kier alpha value is -1.70. The number of fused-ring (bicyclic) bond motifs is 6. The lowest BCUT2D eigenvalue weighted by Gasteiger charge is -2.27. The summed E-state index contributed by atoms with van der Waals surface area (Å²) >= 11 is 0. The van der Waals surface area contributed by atoms with Crippen LogP contribution in [-0.2, 0) is 11.8 Å².